The van der Waals surface area contributed by atoms with E-state index in [0.717, 1.165) is 44.2 Å². The van der Waals surface area contributed by atoms with Crippen molar-refractivity contribution in [3.63, 3.8) is 0 Å². The second-order valence-electron chi connectivity index (χ2n) is 10.9. The minimum atomic E-state index is -0.799. The van der Waals surface area contributed by atoms with E-state index in [1.165, 1.54) is 18.8 Å². The molecule has 1 saturated heterocycles. The smallest absolute Gasteiger partial charge is 0.306 e. The van der Waals surface area contributed by atoms with Crippen molar-refractivity contribution in [1.29, 1.82) is 0 Å². The highest BCUT2D eigenvalue weighted by Crippen LogP contribution is 2.38. The van der Waals surface area contributed by atoms with Gasteiger partial charge in [0.25, 0.3) is 6.33 Å². The van der Waals surface area contributed by atoms with Crippen LogP contribution in [0.2, 0.25) is 5.02 Å². The van der Waals surface area contributed by atoms with Gasteiger partial charge in [0, 0.05) is 29.8 Å². The largest absolute Gasteiger partial charge is 0.481 e. The third kappa shape index (κ3) is 7.47. The molecule has 2 fully saturated rings. The van der Waals surface area contributed by atoms with Gasteiger partial charge in [-0.15, -0.1) is 4.68 Å². The molecule has 1 aromatic carbocycles. The number of carboxylic acids is 1. The highest BCUT2D eigenvalue weighted by atomic mass is 35.5. The van der Waals surface area contributed by atoms with E-state index in [1.54, 1.807) is 27.8 Å². The summed E-state index contributed by atoms with van der Waals surface area (Å²) in [5.74, 6) is -1.02. The number of hydrogen-bond acceptors (Lipinski definition) is 5. The SMILES string of the molecule is CCC(CCCNC(=O)C1C(C2CCCCC2)CCCN1C(=O)/C=C/c1cc(Cl)ccc1-[n+]1cnn[nH]1)C(=O)O. The Kier molecular flexibility index (Phi) is 10.7. The molecule has 1 saturated carbocycles. The monoisotopic (exact) mass is 571 g/mol. The molecule has 2 amide bonds. The second-order valence-corrected chi connectivity index (χ2v) is 11.3. The molecule has 216 valence electrons. The lowest BCUT2D eigenvalue weighted by Crippen LogP contribution is -2.57. The summed E-state index contributed by atoms with van der Waals surface area (Å²) in [6.07, 6.45) is 13.9. The van der Waals surface area contributed by atoms with Crippen molar-refractivity contribution < 1.29 is 24.2 Å². The molecular weight excluding hydrogens is 532 g/mol. The Bertz CT molecular complexity index is 1180. The summed E-state index contributed by atoms with van der Waals surface area (Å²) in [6.45, 7) is 2.78. The quantitative estimate of drug-likeness (QED) is 0.213. The molecular formula is C29H40ClN6O4+. The number of benzene rings is 1. The third-order valence-corrected chi connectivity index (χ3v) is 8.62. The number of tetrazole rings is 1. The minimum absolute atomic E-state index is 0.113. The van der Waals surface area contributed by atoms with Crippen LogP contribution in [0, 0.1) is 17.8 Å². The molecule has 3 atom stereocenters. The summed E-state index contributed by atoms with van der Waals surface area (Å²) in [7, 11) is 0. The van der Waals surface area contributed by atoms with E-state index in [0.29, 0.717) is 48.9 Å². The van der Waals surface area contributed by atoms with Crippen LogP contribution >= 0.6 is 11.6 Å². The van der Waals surface area contributed by atoms with E-state index in [2.05, 4.69) is 20.8 Å². The molecule has 0 spiro atoms. The topological polar surface area (TPSA) is 132 Å². The van der Waals surface area contributed by atoms with Crippen LogP contribution in [0.3, 0.4) is 0 Å². The number of nitrogens with zero attached hydrogens (tertiary/aromatic N) is 4. The van der Waals surface area contributed by atoms with Crippen LogP contribution in [0.15, 0.2) is 30.6 Å². The first-order valence-electron chi connectivity index (χ1n) is 14.5. The van der Waals surface area contributed by atoms with Crippen LogP contribution in [0.5, 0.6) is 0 Å². The lowest BCUT2D eigenvalue weighted by molar-refractivity contribution is -0.660. The fourth-order valence-electron chi connectivity index (χ4n) is 6.26. The van der Waals surface area contributed by atoms with E-state index in [9.17, 15) is 19.5 Å². The number of halogens is 1. The Labute approximate surface area is 240 Å². The predicted molar refractivity (Wildman–Crippen MR) is 150 cm³/mol. The molecule has 0 bridgehead atoms. The summed E-state index contributed by atoms with van der Waals surface area (Å²) in [5.41, 5.74) is 1.45. The van der Waals surface area contributed by atoms with Crippen molar-refractivity contribution >= 4 is 35.5 Å². The van der Waals surface area contributed by atoms with Crippen molar-refractivity contribution in [3.05, 3.63) is 41.2 Å². The Balaban J connectivity index is 1.51. The van der Waals surface area contributed by atoms with Gasteiger partial charge >= 0.3 is 5.97 Å². The first-order chi connectivity index (χ1) is 19.4. The molecule has 3 N–H and O–H groups in total. The molecule has 0 radical (unpaired) electrons. The molecule has 2 heterocycles. The second kappa shape index (κ2) is 14.4. The third-order valence-electron chi connectivity index (χ3n) is 8.39. The normalized spacial score (nSPS) is 20.9. The first-order valence-corrected chi connectivity index (χ1v) is 14.8. The molecule has 2 aliphatic rings. The van der Waals surface area contributed by atoms with Gasteiger partial charge in [-0.05, 0) is 68.2 Å². The van der Waals surface area contributed by atoms with E-state index < -0.39 is 17.9 Å². The van der Waals surface area contributed by atoms with E-state index in [-0.39, 0.29) is 17.7 Å². The Morgan fingerprint density at radius 3 is 2.73 bits per heavy atom. The maximum Gasteiger partial charge on any atom is 0.306 e. The molecule has 3 unspecified atom stereocenters. The highest BCUT2D eigenvalue weighted by molar-refractivity contribution is 6.30. The summed E-state index contributed by atoms with van der Waals surface area (Å²) in [4.78, 5) is 40.4. The maximum absolute atomic E-state index is 13.7. The number of aromatic amines is 1. The van der Waals surface area contributed by atoms with Gasteiger partial charge in [0.15, 0.2) is 5.21 Å². The fraction of sp³-hybridized carbons (Fsp3) is 0.586. The number of likely N-dealkylation sites (tertiary alicyclic amines) is 1. The zero-order chi connectivity index (χ0) is 28.5. The van der Waals surface area contributed by atoms with Crippen molar-refractivity contribution in [3.8, 4) is 5.69 Å². The molecule has 11 heteroatoms. The number of rotatable bonds is 11. The van der Waals surface area contributed by atoms with Gasteiger partial charge in [-0.3, -0.25) is 14.4 Å². The standard InChI is InChI=1S/C29H39ClN6O4/c1-2-20(29(39)40)10-6-16-31-28(38)27-24(21-8-4-3-5-9-21)11-7-17-35(27)26(37)15-12-22-18-23(30)13-14-25(22)36-19-32-33-34-36/h12-15,18-21,24,27H,2-11,16-17H2,1H3,(H2,31,38,39,40)/p+1/b15-12+. The number of piperidine rings is 1. The van der Waals surface area contributed by atoms with Crippen molar-refractivity contribution in [2.75, 3.05) is 13.1 Å². The molecule has 1 aliphatic heterocycles. The van der Waals surface area contributed by atoms with Crippen LogP contribution < -0.4 is 10.00 Å². The average molecular weight is 572 g/mol. The maximum atomic E-state index is 13.7. The molecule has 10 nitrogen and oxygen atoms in total. The van der Waals surface area contributed by atoms with Crippen molar-refractivity contribution in [2.45, 2.75) is 77.2 Å². The van der Waals surface area contributed by atoms with Gasteiger partial charge < -0.3 is 15.3 Å². The Morgan fingerprint density at radius 2 is 2.02 bits per heavy atom. The number of amides is 2. The van der Waals surface area contributed by atoms with Gasteiger partial charge in [-0.1, -0.05) is 55.8 Å². The zero-order valence-corrected chi connectivity index (χ0v) is 23.9. The van der Waals surface area contributed by atoms with Crippen molar-refractivity contribution in [1.82, 2.24) is 25.7 Å². The van der Waals surface area contributed by atoms with Gasteiger partial charge in [0.1, 0.15) is 16.8 Å². The Morgan fingerprint density at radius 1 is 1.23 bits per heavy atom. The molecule has 1 aliphatic carbocycles. The summed E-state index contributed by atoms with van der Waals surface area (Å²) < 4.78 is 1.63. The molecule has 1 aromatic heterocycles. The van der Waals surface area contributed by atoms with Crippen LogP contribution in [-0.2, 0) is 14.4 Å². The molecule has 2 aromatic rings. The minimum Gasteiger partial charge on any atom is -0.481 e. The van der Waals surface area contributed by atoms with Gasteiger partial charge in [0.2, 0.25) is 11.8 Å². The Hall–Kier alpha value is -3.27. The fourth-order valence-corrected chi connectivity index (χ4v) is 6.44. The van der Waals surface area contributed by atoms with Crippen LogP contribution in [0.4, 0.5) is 0 Å². The number of carbonyl (C=O) groups is 3. The molecule has 4 rings (SSSR count). The predicted octanol–water partition coefficient (Wildman–Crippen LogP) is 3.94. The number of hydrogen-bond donors (Lipinski definition) is 3. The van der Waals surface area contributed by atoms with Gasteiger partial charge in [-0.25, -0.2) is 0 Å². The molecule has 40 heavy (non-hydrogen) atoms. The van der Waals surface area contributed by atoms with Crippen LogP contribution in [0.25, 0.3) is 11.8 Å². The van der Waals surface area contributed by atoms with E-state index >= 15 is 0 Å². The number of nitrogens with one attached hydrogen (secondary N) is 2. The van der Waals surface area contributed by atoms with Gasteiger partial charge in [-0.2, -0.15) is 0 Å². The summed E-state index contributed by atoms with van der Waals surface area (Å²) in [5, 5.41) is 23.2. The van der Waals surface area contributed by atoms with Crippen LogP contribution in [-0.4, -0.2) is 62.4 Å². The van der Waals surface area contributed by atoms with E-state index in [4.69, 9.17) is 11.6 Å². The number of carbonyl (C=O) groups excluding carboxylic acids is 2. The highest BCUT2D eigenvalue weighted by Gasteiger charge is 2.42. The lowest BCUT2D eigenvalue weighted by atomic mass is 9.72. The van der Waals surface area contributed by atoms with Crippen LogP contribution in [0.1, 0.15) is 76.7 Å². The van der Waals surface area contributed by atoms with E-state index in [1.807, 2.05) is 13.0 Å². The number of aliphatic carboxylic acids is 1. The zero-order valence-electron chi connectivity index (χ0n) is 23.1. The average Bonchev–Trinajstić information content (AvgIpc) is 3.50. The number of H-pyrrole nitrogens is 1. The number of aromatic nitrogens is 4. The lowest BCUT2D eigenvalue weighted by Gasteiger charge is -2.44. The van der Waals surface area contributed by atoms with Gasteiger partial charge in [0.05, 0.1) is 5.92 Å². The summed E-state index contributed by atoms with van der Waals surface area (Å²) >= 11 is 6.25. The summed E-state index contributed by atoms with van der Waals surface area (Å²) in [6, 6.07) is 4.79. The number of carboxylic acid groups (broad SMARTS) is 1. The van der Waals surface area contributed by atoms with Crippen molar-refractivity contribution in [2.24, 2.45) is 17.8 Å². The first kappa shape index (κ1) is 29.7.